The Morgan fingerprint density at radius 1 is 0.884 bits per heavy atom. The van der Waals surface area contributed by atoms with E-state index in [1.165, 1.54) is 55.7 Å². The van der Waals surface area contributed by atoms with Crippen LogP contribution in [-0.4, -0.2) is 0 Å². The fourth-order valence-electron chi connectivity index (χ4n) is 6.46. The van der Waals surface area contributed by atoms with Crippen LogP contribution in [0.15, 0.2) is 133 Å². The van der Waals surface area contributed by atoms with Crippen LogP contribution in [0.2, 0.25) is 0 Å². The summed E-state index contributed by atoms with van der Waals surface area (Å²) in [5.41, 5.74) is 16.7. The molecule has 2 unspecified atom stereocenters. The maximum absolute atomic E-state index is 6.84. The molecule has 0 spiro atoms. The molecule has 0 fully saturated rings. The zero-order valence-electron chi connectivity index (χ0n) is 26.1. The number of allylic oxidation sites excluding steroid dienone is 7. The van der Waals surface area contributed by atoms with Crippen molar-refractivity contribution in [2.75, 3.05) is 4.90 Å². The van der Waals surface area contributed by atoms with Gasteiger partial charge in [0.25, 0.3) is 0 Å². The van der Waals surface area contributed by atoms with Crippen LogP contribution in [-0.2, 0) is 5.54 Å². The third kappa shape index (κ3) is 5.90. The molecule has 43 heavy (non-hydrogen) atoms. The van der Waals surface area contributed by atoms with Gasteiger partial charge in [0, 0.05) is 22.6 Å². The Morgan fingerprint density at radius 3 is 2.42 bits per heavy atom. The van der Waals surface area contributed by atoms with E-state index in [1.54, 1.807) is 0 Å². The van der Waals surface area contributed by atoms with Crippen LogP contribution in [0, 0.1) is 11.8 Å². The molecule has 2 aliphatic rings. The van der Waals surface area contributed by atoms with Gasteiger partial charge in [0.1, 0.15) is 0 Å². The fraction of sp³-hybridized carbons (Fsp3) is 0.268. The highest BCUT2D eigenvalue weighted by Gasteiger charge is 2.27. The second-order valence-corrected chi connectivity index (χ2v) is 12.6. The number of nitrogens with zero attached hydrogens (tertiary/aromatic N) is 1. The van der Waals surface area contributed by atoms with E-state index in [2.05, 4.69) is 154 Å². The van der Waals surface area contributed by atoms with Gasteiger partial charge < -0.3 is 10.6 Å². The Balaban J connectivity index is 1.31. The Kier molecular flexibility index (Phi) is 8.23. The molecule has 0 amide bonds. The zero-order valence-corrected chi connectivity index (χ0v) is 26.1. The first kappa shape index (κ1) is 29.0. The summed E-state index contributed by atoms with van der Waals surface area (Å²) in [5, 5.41) is 2.55. The van der Waals surface area contributed by atoms with E-state index in [-0.39, 0.29) is 5.54 Å². The average Bonchev–Trinajstić information content (AvgIpc) is 3.05. The molecule has 4 aromatic carbocycles. The van der Waals surface area contributed by atoms with Gasteiger partial charge in [-0.15, -0.1) is 0 Å². The van der Waals surface area contributed by atoms with Crippen molar-refractivity contribution in [3.8, 4) is 11.1 Å². The second kappa shape index (κ2) is 12.2. The van der Waals surface area contributed by atoms with Gasteiger partial charge in [-0.05, 0) is 113 Å². The summed E-state index contributed by atoms with van der Waals surface area (Å²) < 4.78 is 0. The molecule has 218 valence electrons. The lowest BCUT2D eigenvalue weighted by molar-refractivity contribution is 0.316. The Morgan fingerprint density at radius 2 is 1.70 bits per heavy atom. The summed E-state index contributed by atoms with van der Waals surface area (Å²) in [6.45, 7) is 8.90. The smallest absolute Gasteiger partial charge is 0.0458 e. The van der Waals surface area contributed by atoms with E-state index in [4.69, 9.17) is 5.73 Å². The number of hydrogen-bond donors (Lipinski definition) is 1. The van der Waals surface area contributed by atoms with Crippen molar-refractivity contribution in [1.82, 2.24) is 0 Å². The van der Waals surface area contributed by atoms with Crippen molar-refractivity contribution in [3.05, 3.63) is 144 Å². The lowest BCUT2D eigenvalue weighted by atomic mass is 9.79. The van der Waals surface area contributed by atoms with Crippen molar-refractivity contribution in [1.29, 1.82) is 0 Å². The van der Waals surface area contributed by atoms with Crippen LogP contribution in [0.4, 0.5) is 5.69 Å². The number of anilines is 1. The van der Waals surface area contributed by atoms with E-state index < -0.39 is 0 Å². The number of para-hydroxylation sites is 1. The predicted octanol–water partition coefficient (Wildman–Crippen LogP) is 10.8. The SMILES string of the molecule is CC[C@H](C)C(C)(N)c1cccc(-c2cccc3cc(C4=CC=C(N(C5=CCC(C)C=C5)c5ccccc5)CC4)ccc23)c1. The van der Waals surface area contributed by atoms with Gasteiger partial charge in [-0.25, -0.2) is 0 Å². The van der Waals surface area contributed by atoms with Crippen LogP contribution in [0.25, 0.3) is 27.5 Å². The molecule has 0 saturated heterocycles. The first-order valence-electron chi connectivity index (χ1n) is 15.9. The monoisotopic (exact) mass is 564 g/mol. The summed E-state index contributed by atoms with van der Waals surface area (Å²) >= 11 is 0. The standard InChI is InChI=1S/C41H44N2/c1-5-30(3)41(4,42)35-13-9-11-34(28-35)39-16-10-12-33-27-32(21-26-40(33)39)31-19-24-38(25-20-31)43(36-14-7-6-8-15-36)37-22-17-29(2)18-23-37/h6-17,19,21-24,26-30H,5,18,20,25,42H2,1-4H3/t29?,30-,41?/m0/s1. The number of fused-ring (bicyclic) bond motifs is 1. The Labute approximate surface area is 257 Å². The molecule has 2 heteroatoms. The molecule has 2 aliphatic carbocycles. The molecule has 4 aromatic rings. The molecule has 6 rings (SSSR count). The summed E-state index contributed by atoms with van der Waals surface area (Å²) in [4.78, 5) is 2.43. The van der Waals surface area contributed by atoms with E-state index in [0.29, 0.717) is 11.8 Å². The topological polar surface area (TPSA) is 29.3 Å². The van der Waals surface area contributed by atoms with Gasteiger partial charge in [0.2, 0.25) is 0 Å². The highest BCUT2D eigenvalue weighted by atomic mass is 15.2. The number of benzene rings is 4. The molecule has 2 nitrogen and oxygen atoms in total. The van der Waals surface area contributed by atoms with Crippen LogP contribution < -0.4 is 10.6 Å². The predicted molar refractivity (Wildman–Crippen MR) is 186 cm³/mol. The molecule has 0 bridgehead atoms. The van der Waals surface area contributed by atoms with Crippen LogP contribution in [0.1, 0.15) is 64.5 Å². The second-order valence-electron chi connectivity index (χ2n) is 12.6. The van der Waals surface area contributed by atoms with Crippen molar-refractivity contribution in [2.24, 2.45) is 17.6 Å². The number of nitrogens with two attached hydrogens (primary N) is 1. The summed E-state index contributed by atoms with van der Waals surface area (Å²) in [6, 6.07) is 33.2. The van der Waals surface area contributed by atoms with Crippen molar-refractivity contribution < 1.29 is 0 Å². The largest absolute Gasteiger partial charge is 0.321 e. The molecule has 0 heterocycles. The molecule has 0 saturated carbocycles. The highest BCUT2D eigenvalue weighted by Crippen LogP contribution is 2.38. The number of hydrogen-bond acceptors (Lipinski definition) is 2. The molecular formula is C41H44N2. The minimum Gasteiger partial charge on any atom is -0.321 e. The Hall–Kier alpha value is -4.14. The van der Waals surface area contributed by atoms with Gasteiger partial charge in [-0.2, -0.15) is 0 Å². The van der Waals surface area contributed by atoms with Crippen LogP contribution >= 0.6 is 0 Å². The molecule has 3 atom stereocenters. The molecule has 0 aromatic heterocycles. The third-order valence-electron chi connectivity index (χ3n) is 9.66. The maximum Gasteiger partial charge on any atom is 0.0458 e. The average molecular weight is 565 g/mol. The summed E-state index contributed by atoms with van der Waals surface area (Å²) in [6.07, 6.45) is 15.8. The van der Waals surface area contributed by atoms with Crippen molar-refractivity contribution in [2.45, 2.75) is 58.9 Å². The molecule has 2 N–H and O–H groups in total. The van der Waals surface area contributed by atoms with Gasteiger partial charge in [0.15, 0.2) is 0 Å². The molecular weight excluding hydrogens is 520 g/mol. The Bertz CT molecular complexity index is 1730. The zero-order chi connectivity index (χ0) is 30.0. The third-order valence-corrected chi connectivity index (χ3v) is 9.66. The normalized spacial score (nSPS) is 18.8. The highest BCUT2D eigenvalue weighted by molar-refractivity contribution is 5.98. The van der Waals surface area contributed by atoms with Crippen LogP contribution in [0.5, 0.6) is 0 Å². The molecule has 0 radical (unpaired) electrons. The van der Waals surface area contributed by atoms with E-state index in [1.807, 2.05) is 0 Å². The van der Waals surface area contributed by atoms with E-state index >= 15 is 0 Å². The fourth-order valence-corrected chi connectivity index (χ4v) is 6.46. The number of rotatable bonds is 8. The summed E-state index contributed by atoms with van der Waals surface area (Å²) in [7, 11) is 0. The van der Waals surface area contributed by atoms with Crippen molar-refractivity contribution in [3.63, 3.8) is 0 Å². The first-order chi connectivity index (χ1) is 20.8. The molecule has 0 aliphatic heterocycles. The quantitative estimate of drug-likeness (QED) is 0.231. The lowest BCUT2D eigenvalue weighted by Crippen LogP contribution is -2.39. The summed E-state index contributed by atoms with van der Waals surface area (Å²) in [5.74, 6) is 0.992. The van der Waals surface area contributed by atoms with Crippen LogP contribution in [0.3, 0.4) is 0 Å². The minimum atomic E-state index is -0.360. The van der Waals surface area contributed by atoms with E-state index in [0.717, 1.165) is 25.7 Å². The van der Waals surface area contributed by atoms with Gasteiger partial charge in [-0.1, -0.05) is 112 Å². The van der Waals surface area contributed by atoms with E-state index in [9.17, 15) is 0 Å². The minimum absolute atomic E-state index is 0.360. The van der Waals surface area contributed by atoms with Gasteiger partial charge in [0.05, 0.1) is 0 Å². The lowest BCUT2D eigenvalue weighted by Gasteiger charge is -2.32. The maximum atomic E-state index is 6.84. The van der Waals surface area contributed by atoms with Crippen molar-refractivity contribution >= 4 is 22.0 Å². The first-order valence-corrected chi connectivity index (χ1v) is 15.9. The van der Waals surface area contributed by atoms with Gasteiger partial charge >= 0.3 is 0 Å². The van der Waals surface area contributed by atoms with Gasteiger partial charge in [-0.3, -0.25) is 0 Å².